The average molecular weight is 502 g/mol. The van der Waals surface area contributed by atoms with Crippen molar-refractivity contribution in [2.75, 3.05) is 11.9 Å². The van der Waals surface area contributed by atoms with E-state index in [1.807, 2.05) is 12.1 Å². The molecule has 144 valence electrons. The Morgan fingerprint density at radius 1 is 0.893 bits per heavy atom. The van der Waals surface area contributed by atoms with E-state index in [9.17, 15) is 5.11 Å². The third-order valence-corrected chi connectivity index (χ3v) is 6.07. The summed E-state index contributed by atoms with van der Waals surface area (Å²) >= 11 is 7.15. The van der Waals surface area contributed by atoms with Crippen LogP contribution < -0.4 is 5.32 Å². The summed E-state index contributed by atoms with van der Waals surface area (Å²) in [6.45, 7) is 3.18. The third kappa shape index (κ3) is 3.97. The Hall–Kier alpha value is -1.82. The van der Waals surface area contributed by atoms with Gasteiger partial charge in [0.1, 0.15) is 0 Å². The average Bonchev–Trinajstić information content (AvgIpc) is 2.99. The number of aryl methyl sites for hydroxylation is 1. The van der Waals surface area contributed by atoms with Gasteiger partial charge in [0.2, 0.25) is 0 Å². The van der Waals surface area contributed by atoms with Crippen molar-refractivity contribution in [2.45, 2.75) is 26.0 Å². The van der Waals surface area contributed by atoms with Gasteiger partial charge in [-0.1, -0.05) is 50.9 Å². The van der Waals surface area contributed by atoms with Crippen molar-refractivity contribution in [1.29, 1.82) is 0 Å². The van der Waals surface area contributed by atoms with Crippen LogP contribution in [0.2, 0.25) is 0 Å². The Balaban J connectivity index is 1.59. The molecule has 3 nitrogen and oxygen atoms in total. The highest BCUT2D eigenvalue weighted by molar-refractivity contribution is 9.10. The van der Waals surface area contributed by atoms with Crippen molar-refractivity contribution in [2.24, 2.45) is 0 Å². The van der Waals surface area contributed by atoms with Gasteiger partial charge in [-0.15, -0.1) is 0 Å². The molecule has 0 aliphatic rings. The molecule has 0 saturated carbocycles. The maximum Gasteiger partial charge on any atom is 0.0891 e. The van der Waals surface area contributed by atoms with Crippen LogP contribution in [-0.4, -0.2) is 22.3 Å². The number of hydrogen-bond donors (Lipinski definition) is 2. The van der Waals surface area contributed by atoms with E-state index in [1.165, 1.54) is 16.3 Å². The highest BCUT2D eigenvalue weighted by Crippen LogP contribution is 2.33. The molecule has 4 aromatic rings. The molecule has 2 N–H and O–H groups in total. The van der Waals surface area contributed by atoms with E-state index in [0.717, 1.165) is 32.1 Å². The second kappa shape index (κ2) is 8.27. The highest BCUT2D eigenvalue weighted by atomic mass is 79.9. The minimum atomic E-state index is -0.503. The van der Waals surface area contributed by atoms with Crippen LogP contribution in [-0.2, 0) is 13.0 Å². The molecule has 0 spiro atoms. The molecule has 1 atom stereocenters. The monoisotopic (exact) mass is 500 g/mol. The number of rotatable bonds is 6. The Morgan fingerprint density at radius 3 is 2.00 bits per heavy atom. The minimum absolute atomic E-state index is 0.500. The van der Waals surface area contributed by atoms with Crippen molar-refractivity contribution in [1.82, 2.24) is 4.57 Å². The zero-order chi connectivity index (χ0) is 19.7. The van der Waals surface area contributed by atoms with Gasteiger partial charge in [-0.25, -0.2) is 0 Å². The molecule has 1 heterocycles. The van der Waals surface area contributed by atoms with Crippen LogP contribution >= 0.6 is 31.9 Å². The van der Waals surface area contributed by atoms with Gasteiger partial charge in [-0.3, -0.25) is 0 Å². The number of nitrogens with one attached hydrogen (secondary N) is 1. The topological polar surface area (TPSA) is 37.2 Å². The second-order valence-electron chi connectivity index (χ2n) is 7.02. The molecule has 4 rings (SSSR count). The van der Waals surface area contributed by atoms with Crippen LogP contribution in [0.1, 0.15) is 12.5 Å². The molecule has 0 aliphatic carbocycles. The number of fused-ring (bicyclic) bond motifs is 3. The maximum atomic E-state index is 10.7. The quantitative estimate of drug-likeness (QED) is 0.322. The van der Waals surface area contributed by atoms with Crippen LogP contribution in [0.25, 0.3) is 21.8 Å². The van der Waals surface area contributed by atoms with Crippen molar-refractivity contribution >= 4 is 59.4 Å². The number of anilines is 1. The first kappa shape index (κ1) is 19.5. The van der Waals surface area contributed by atoms with Gasteiger partial charge in [-0.05, 0) is 60.5 Å². The van der Waals surface area contributed by atoms with E-state index < -0.39 is 6.10 Å². The Labute approximate surface area is 181 Å². The standard InChI is InChI=1S/C23H22Br2N2O/c1-2-15-3-7-18(8-4-15)26-13-19(28)14-27-22-9-5-16(24)11-20(22)21-12-17(25)6-10-23(21)27/h3-12,19,26,28H,2,13-14H2,1H3/t19-/m1/s1. The summed E-state index contributed by atoms with van der Waals surface area (Å²) in [4.78, 5) is 0. The van der Waals surface area contributed by atoms with E-state index in [-0.39, 0.29) is 0 Å². The maximum absolute atomic E-state index is 10.7. The summed E-state index contributed by atoms with van der Waals surface area (Å²) in [5, 5.41) is 16.4. The number of hydrogen-bond acceptors (Lipinski definition) is 2. The lowest BCUT2D eigenvalue weighted by atomic mass is 10.1. The molecule has 0 fully saturated rings. The molecule has 0 amide bonds. The first-order valence-electron chi connectivity index (χ1n) is 9.43. The predicted molar refractivity (Wildman–Crippen MR) is 125 cm³/mol. The van der Waals surface area contributed by atoms with Crippen LogP contribution in [0, 0.1) is 0 Å². The fraction of sp³-hybridized carbons (Fsp3) is 0.217. The fourth-order valence-corrected chi connectivity index (χ4v) is 4.34. The normalized spacial score (nSPS) is 12.6. The van der Waals surface area contributed by atoms with Gasteiger partial charge in [0.05, 0.1) is 12.6 Å². The Morgan fingerprint density at radius 2 is 1.46 bits per heavy atom. The lowest BCUT2D eigenvalue weighted by Crippen LogP contribution is -2.24. The molecule has 5 heteroatoms. The summed E-state index contributed by atoms with van der Waals surface area (Å²) in [5.41, 5.74) is 4.60. The SMILES string of the molecule is CCc1ccc(NC[C@@H](O)Cn2c3ccc(Br)cc3c3cc(Br)ccc32)cc1. The smallest absolute Gasteiger partial charge is 0.0891 e. The molecule has 0 saturated heterocycles. The van der Waals surface area contributed by atoms with Gasteiger partial charge in [0, 0.05) is 43.0 Å². The number of nitrogens with zero attached hydrogens (tertiary/aromatic N) is 1. The molecule has 1 aromatic heterocycles. The predicted octanol–water partition coefficient (Wildman–Crippen LogP) is 6.35. The van der Waals surface area contributed by atoms with E-state index in [4.69, 9.17) is 0 Å². The number of benzene rings is 3. The largest absolute Gasteiger partial charge is 0.389 e. The van der Waals surface area contributed by atoms with Crippen LogP contribution in [0.5, 0.6) is 0 Å². The zero-order valence-electron chi connectivity index (χ0n) is 15.6. The van der Waals surface area contributed by atoms with E-state index >= 15 is 0 Å². The van der Waals surface area contributed by atoms with Gasteiger partial charge in [0.25, 0.3) is 0 Å². The molecule has 0 bridgehead atoms. The number of aromatic nitrogens is 1. The third-order valence-electron chi connectivity index (χ3n) is 5.09. The molecule has 0 aliphatic heterocycles. The van der Waals surface area contributed by atoms with Gasteiger partial charge < -0.3 is 15.0 Å². The molecule has 3 aromatic carbocycles. The molecule has 28 heavy (non-hydrogen) atoms. The fourth-order valence-electron chi connectivity index (χ4n) is 3.61. The van der Waals surface area contributed by atoms with Gasteiger partial charge in [-0.2, -0.15) is 0 Å². The summed E-state index contributed by atoms with van der Waals surface area (Å²) in [6, 6.07) is 21.0. The number of halogens is 2. The van der Waals surface area contributed by atoms with Crippen LogP contribution in [0.3, 0.4) is 0 Å². The summed E-state index contributed by atoms with van der Waals surface area (Å²) in [7, 11) is 0. The molecular formula is C23H22Br2N2O. The van der Waals surface area contributed by atoms with Crippen LogP contribution in [0.4, 0.5) is 5.69 Å². The van der Waals surface area contributed by atoms with Crippen molar-refractivity contribution < 1.29 is 5.11 Å². The lowest BCUT2D eigenvalue weighted by molar-refractivity contribution is 0.169. The minimum Gasteiger partial charge on any atom is -0.389 e. The first-order valence-corrected chi connectivity index (χ1v) is 11.0. The Bertz CT molecular complexity index is 1060. The van der Waals surface area contributed by atoms with E-state index in [0.29, 0.717) is 13.1 Å². The Kier molecular flexibility index (Phi) is 5.76. The zero-order valence-corrected chi connectivity index (χ0v) is 18.8. The summed E-state index contributed by atoms with van der Waals surface area (Å²) in [6.07, 6.45) is 0.528. The van der Waals surface area contributed by atoms with Gasteiger partial charge >= 0.3 is 0 Å². The molecule has 0 unspecified atom stereocenters. The van der Waals surface area contributed by atoms with E-state index in [2.05, 4.69) is 97.2 Å². The summed E-state index contributed by atoms with van der Waals surface area (Å²) in [5.74, 6) is 0. The molecule has 0 radical (unpaired) electrons. The number of aliphatic hydroxyl groups is 1. The second-order valence-corrected chi connectivity index (χ2v) is 8.85. The molecular weight excluding hydrogens is 480 g/mol. The van der Waals surface area contributed by atoms with Crippen molar-refractivity contribution in [3.05, 3.63) is 75.2 Å². The number of aliphatic hydroxyl groups excluding tert-OH is 1. The lowest BCUT2D eigenvalue weighted by Gasteiger charge is -2.16. The van der Waals surface area contributed by atoms with Crippen molar-refractivity contribution in [3.8, 4) is 0 Å². The summed E-state index contributed by atoms with van der Waals surface area (Å²) < 4.78 is 4.31. The van der Waals surface area contributed by atoms with Crippen molar-refractivity contribution in [3.63, 3.8) is 0 Å². The van der Waals surface area contributed by atoms with Gasteiger partial charge in [0.15, 0.2) is 0 Å². The highest BCUT2D eigenvalue weighted by Gasteiger charge is 2.14. The first-order chi connectivity index (χ1) is 13.5. The van der Waals surface area contributed by atoms with Crippen LogP contribution in [0.15, 0.2) is 69.6 Å². The van der Waals surface area contributed by atoms with E-state index in [1.54, 1.807) is 0 Å².